The first-order valence-electron chi connectivity index (χ1n) is 6.92. The fourth-order valence-electron chi connectivity index (χ4n) is 2.33. The first-order valence-corrected chi connectivity index (χ1v) is 6.92. The number of aliphatic hydroxyl groups excluding tert-OH is 1. The summed E-state index contributed by atoms with van der Waals surface area (Å²) in [4.78, 5) is 44.1. The van der Waals surface area contributed by atoms with Crippen molar-refractivity contribution in [2.75, 3.05) is 0 Å². The summed E-state index contributed by atoms with van der Waals surface area (Å²) < 4.78 is 1.10. The minimum atomic E-state index is -0.922. The van der Waals surface area contributed by atoms with E-state index in [-0.39, 0.29) is 23.3 Å². The summed E-state index contributed by atoms with van der Waals surface area (Å²) in [5.41, 5.74) is -1.22. The zero-order valence-electron chi connectivity index (χ0n) is 12.2. The molecule has 1 aromatic carbocycles. The van der Waals surface area contributed by atoms with Crippen LogP contribution < -0.4 is 16.8 Å². The Kier molecular flexibility index (Phi) is 3.67. The maximum absolute atomic E-state index is 12.1. The minimum Gasteiger partial charge on any atom is -0.388 e. The number of H-pyrrole nitrogens is 2. The maximum atomic E-state index is 12.1. The van der Waals surface area contributed by atoms with Gasteiger partial charge >= 0.3 is 5.69 Å². The third kappa shape index (κ3) is 2.71. The van der Waals surface area contributed by atoms with E-state index in [4.69, 9.17) is 0 Å². The molecular formula is C15H14N4O4. The van der Waals surface area contributed by atoms with Gasteiger partial charge in [-0.05, 0) is 5.56 Å². The highest BCUT2D eigenvalue weighted by Gasteiger charge is 2.15. The lowest BCUT2D eigenvalue weighted by molar-refractivity contribution is 0.177. The smallest absolute Gasteiger partial charge is 0.329 e. The van der Waals surface area contributed by atoms with E-state index in [1.165, 1.54) is 7.05 Å². The van der Waals surface area contributed by atoms with Gasteiger partial charge in [-0.2, -0.15) is 0 Å². The molecule has 3 rings (SSSR count). The van der Waals surface area contributed by atoms with Crippen LogP contribution in [0.2, 0.25) is 0 Å². The summed E-state index contributed by atoms with van der Waals surface area (Å²) >= 11 is 0. The molecule has 2 heterocycles. The largest absolute Gasteiger partial charge is 0.388 e. The predicted octanol–water partition coefficient (Wildman–Crippen LogP) is -0.414. The standard InChI is InChI=1S/C15H14N4O4/c1-19-12-11(14(22)18-15(19)23)16-9(13(21)17-12)7-10(20)8-5-3-2-4-6-8/h2-6,10,20H,7H2,1H3,(H,17,21)(H,18,22,23). The molecule has 0 radical (unpaired) electrons. The second-order valence-corrected chi connectivity index (χ2v) is 5.16. The molecule has 1 atom stereocenters. The second kappa shape index (κ2) is 5.65. The SMILES string of the molecule is Cn1c(=O)[nH]c(=O)c2nc(CC(O)c3ccccc3)c(=O)[nH]c21. The fraction of sp³-hybridized carbons (Fsp3) is 0.200. The Morgan fingerprint density at radius 3 is 2.52 bits per heavy atom. The molecule has 3 aromatic rings. The lowest BCUT2D eigenvalue weighted by atomic mass is 10.1. The number of nitrogens with zero attached hydrogens (tertiary/aromatic N) is 2. The van der Waals surface area contributed by atoms with Crippen LogP contribution in [0.5, 0.6) is 0 Å². The topological polar surface area (TPSA) is 121 Å². The molecule has 1 unspecified atom stereocenters. The van der Waals surface area contributed by atoms with Crippen LogP contribution in [-0.4, -0.2) is 24.6 Å². The van der Waals surface area contributed by atoms with E-state index in [0.29, 0.717) is 5.56 Å². The fourth-order valence-corrected chi connectivity index (χ4v) is 2.33. The number of benzene rings is 1. The van der Waals surface area contributed by atoms with E-state index in [0.717, 1.165) is 4.57 Å². The van der Waals surface area contributed by atoms with Crippen molar-refractivity contribution < 1.29 is 5.11 Å². The van der Waals surface area contributed by atoms with E-state index >= 15 is 0 Å². The van der Waals surface area contributed by atoms with E-state index in [1.54, 1.807) is 24.3 Å². The average molecular weight is 314 g/mol. The molecule has 0 fully saturated rings. The zero-order chi connectivity index (χ0) is 16.6. The van der Waals surface area contributed by atoms with E-state index in [9.17, 15) is 19.5 Å². The molecule has 0 saturated carbocycles. The highest BCUT2D eigenvalue weighted by molar-refractivity contribution is 5.68. The van der Waals surface area contributed by atoms with Crippen molar-refractivity contribution in [3.8, 4) is 0 Å². The molecule has 2 aromatic heterocycles. The molecular weight excluding hydrogens is 300 g/mol. The normalized spacial score (nSPS) is 12.4. The second-order valence-electron chi connectivity index (χ2n) is 5.16. The van der Waals surface area contributed by atoms with Gasteiger partial charge in [0, 0.05) is 13.5 Å². The molecule has 0 amide bonds. The number of nitrogens with one attached hydrogen (secondary N) is 2. The number of aryl methyl sites for hydroxylation is 1. The molecule has 8 heteroatoms. The third-order valence-corrected chi connectivity index (χ3v) is 3.61. The summed E-state index contributed by atoms with van der Waals surface area (Å²) in [5, 5.41) is 10.2. The minimum absolute atomic E-state index is 0.0259. The molecule has 23 heavy (non-hydrogen) atoms. The van der Waals surface area contributed by atoms with Gasteiger partial charge in [0.25, 0.3) is 11.1 Å². The number of rotatable bonds is 3. The summed E-state index contributed by atoms with van der Waals surface area (Å²) in [6.45, 7) is 0. The molecule has 118 valence electrons. The summed E-state index contributed by atoms with van der Waals surface area (Å²) in [6, 6.07) is 8.83. The van der Waals surface area contributed by atoms with E-state index in [2.05, 4.69) is 15.0 Å². The van der Waals surface area contributed by atoms with Crippen molar-refractivity contribution in [3.05, 3.63) is 72.8 Å². The molecule has 0 aliphatic rings. The van der Waals surface area contributed by atoms with Gasteiger partial charge in [0.05, 0.1) is 6.10 Å². The summed E-state index contributed by atoms with van der Waals surface area (Å²) in [5.74, 6) is 0. The van der Waals surface area contributed by atoms with Crippen LogP contribution in [0.1, 0.15) is 17.4 Å². The van der Waals surface area contributed by atoms with Crippen LogP contribution in [0.3, 0.4) is 0 Å². The van der Waals surface area contributed by atoms with Crippen LogP contribution in [0.15, 0.2) is 44.7 Å². The molecule has 0 bridgehead atoms. The average Bonchev–Trinajstić information content (AvgIpc) is 2.55. The monoisotopic (exact) mass is 314 g/mol. The zero-order valence-corrected chi connectivity index (χ0v) is 12.2. The lowest BCUT2D eigenvalue weighted by Gasteiger charge is -2.10. The van der Waals surface area contributed by atoms with Crippen LogP contribution in [0.25, 0.3) is 11.2 Å². The Labute approximate surface area is 129 Å². The van der Waals surface area contributed by atoms with Crippen molar-refractivity contribution in [3.63, 3.8) is 0 Å². The van der Waals surface area contributed by atoms with Crippen molar-refractivity contribution in [1.29, 1.82) is 0 Å². The van der Waals surface area contributed by atoms with Gasteiger partial charge in [-0.25, -0.2) is 9.78 Å². The number of aliphatic hydroxyl groups is 1. The quantitative estimate of drug-likeness (QED) is 0.606. The third-order valence-electron chi connectivity index (χ3n) is 3.61. The Morgan fingerprint density at radius 1 is 1.13 bits per heavy atom. The molecule has 0 spiro atoms. The van der Waals surface area contributed by atoms with Gasteiger partial charge in [0.1, 0.15) is 11.3 Å². The molecule has 8 nitrogen and oxygen atoms in total. The van der Waals surface area contributed by atoms with Gasteiger partial charge in [0.15, 0.2) is 5.52 Å². The van der Waals surface area contributed by atoms with Crippen molar-refractivity contribution in [1.82, 2.24) is 19.5 Å². The van der Waals surface area contributed by atoms with Gasteiger partial charge in [0.2, 0.25) is 0 Å². The summed E-state index contributed by atoms with van der Waals surface area (Å²) in [7, 11) is 1.41. The van der Waals surface area contributed by atoms with Crippen molar-refractivity contribution in [2.45, 2.75) is 12.5 Å². The Hall–Kier alpha value is -3.00. The van der Waals surface area contributed by atoms with Crippen LogP contribution in [0.4, 0.5) is 0 Å². The Balaban J connectivity index is 2.09. The highest BCUT2D eigenvalue weighted by Crippen LogP contribution is 2.15. The molecule has 0 saturated heterocycles. The van der Waals surface area contributed by atoms with Gasteiger partial charge in [-0.3, -0.25) is 19.1 Å². The maximum Gasteiger partial charge on any atom is 0.329 e. The number of aromatic nitrogens is 4. The van der Waals surface area contributed by atoms with Crippen LogP contribution >= 0.6 is 0 Å². The predicted molar refractivity (Wildman–Crippen MR) is 83.3 cm³/mol. The number of hydrogen-bond acceptors (Lipinski definition) is 5. The number of aromatic amines is 2. The molecule has 0 aliphatic carbocycles. The first-order chi connectivity index (χ1) is 11.0. The van der Waals surface area contributed by atoms with Gasteiger partial charge in [-0.15, -0.1) is 0 Å². The lowest BCUT2D eigenvalue weighted by Crippen LogP contribution is -2.32. The highest BCUT2D eigenvalue weighted by atomic mass is 16.3. The van der Waals surface area contributed by atoms with Gasteiger partial charge < -0.3 is 10.1 Å². The van der Waals surface area contributed by atoms with Crippen LogP contribution in [-0.2, 0) is 13.5 Å². The number of fused-ring (bicyclic) bond motifs is 1. The molecule has 0 aliphatic heterocycles. The first kappa shape index (κ1) is 14.9. The Bertz CT molecular complexity index is 1030. The summed E-state index contributed by atoms with van der Waals surface area (Å²) in [6.07, 6.45) is -0.966. The Morgan fingerprint density at radius 2 is 1.83 bits per heavy atom. The van der Waals surface area contributed by atoms with E-state index < -0.39 is 22.9 Å². The van der Waals surface area contributed by atoms with E-state index in [1.807, 2.05) is 6.07 Å². The van der Waals surface area contributed by atoms with Crippen molar-refractivity contribution >= 4 is 11.2 Å². The number of hydrogen-bond donors (Lipinski definition) is 3. The molecule has 3 N–H and O–H groups in total. The van der Waals surface area contributed by atoms with Crippen LogP contribution in [0, 0.1) is 0 Å². The van der Waals surface area contributed by atoms with Crippen molar-refractivity contribution in [2.24, 2.45) is 7.05 Å². The van der Waals surface area contributed by atoms with Gasteiger partial charge in [-0.1, -0.05) is 30.3 Å².